The molecule has 4 nitrogen and oxygen atoms in total. The third kappa shape index (κ3) is 2.96. The summed E-state index contributed by atoms with van der Waals surface area (Å²) in [6.07, 6.45) is 0.889. The largest absolute Gasteiger partial charge is 0.497 e. The molecule has 0 aliphatic rings. The third-order valence-electron chi connectivity index (χ3n) is 3.42. The van der Waals surface area contributed by atoms with Crippen LogP contribution in [0, 0.1) is 13.8 Å². The number of nitrogens with two attached hydrogens (primary N) is 1. The summed E-state index contributed by atoms with van der Waals surface area (Å²) in [4.78, 5) is 0. The Morgan fingerprint density at radius 2 is 1.89 bits per heavy atom. The molecule has 1 aromatic carbocycles. The van der Waals surface area contributed by atoms with Crippen molar-refractivity contribution in [1.29, 1.82) is 0 Å². The van der Waals surface area contributed by atoms with E-state index < -0.39 is 0 Å². The molecule has 2 rings (SSSR count). The minimum Gasteiger partial charge on any atom is -0.497 e. The number of hydrogen-bond donors (Lipinski definition) is 1. The van der Waals surface area contributed by atoms with Gasteiger partial charge < -0.3 is 10.5 Å². The van der Waals surface area contributed by atoms with Gasteiger partial charge >= 0.3 is 0 Å². The number of nitrogens with zero attached hydrogens (tertiary/aromatic N) is 2. The highest BCUT2D eigenvalue weighted by Crippen LogP contribution is 2.16. The van der Waals surface area contributed by atoms with Gasteiger partial charge in [-0.15, -0.1) is 0 Å². The highest BCUT2D eigenvalue weighted by atomic mass is 16.5. The predicted octanol–water partition coefficient (Wildman–Crippen LogP) is 2.06. The fraction of sp³-hybridized carbons (Fsp3) is 0.400. The maximum atomic E-state index is 5.64. The SMILES string of the molecule is COc1ccc(Cn2nc(C)c(CCN)c2C)cc1. The summed E-state index contributed by atoms with van der Waals surface area (Å²) in [5, 5.41) is 4.60. The zero-order chi connectivity index (χ0) is 13.8. The van der Waals surface area contributed by atoms with Gasteiger partial charge in [-0.1, -0.05) is 12.1 Å². The highest BCUT2D eigenvalue weighted by molar-refractivity contribution is 5.29. The van der Waals surface area contributed by atoms with E-state index in [1.807, 2.05) is 23.7 Å². The van der Waals surface area contributed by atoms with Gasteiger partial charge in [0.15, 0.2) is 0 Å². The molecule has 1 aromatic heterocycles. The van der Waals surface area contributed by atoms with Gasteiger partial charge in [-0.05, 0) is 50.1 Å². The van der Waals surface area contributed by atoms with E-state index in [4.69, 9.17) is 10.5 Å². The first-order valence-corrected chi connectivity index (χ1v) is 6.51. The van der Waals surface area contributed by atoms with Gasteiger partial charge in [-0.2, -0.15) is 5.10 Å². The first-order valence-electron chi connectivity index (χ1n) is 6.51. The van der Waals surface area contributed by atoms with E-state index in [-0.39, 0.29) is 0 Å². The molecule has 0 unspecified atom stereocenters. The van der Waals surface area contributed by atoms with Crippen molar-refractivity contribution >= 4 is 0 Å². The lowest BCUT2D eigenvalue weighted by molar-refractivity contribution is 0.414. The molecule has 0 saturated heterocycles. The molecule has 0 amide bonds. The van der Waals surface area contributed by atoms with Crippen LogP contribution in [-0.4, -0.2) is 23.4 Å². The van der Waals surface area contributed by atoms with E-state index in [0.717, 1.165) is 24.4 Å². The summed E-state index contributed by atoms with van der Waals surface area (Å²) in [5.74, 6) is 0.876. The van der Waals surface area contributed by atoms with Crippen molar-refractivity contribution in [3.63, 3.8) is 0 Å². The molecule has 19 heavy (non-hydrogen) atoms. The van der Waals surface area contributed by atoms with Crippen LogP contribution in [0.4, 0.5) is 0 Å². The predicted molar refractivity (Wildman–Crippen MR) is 76.6 cm³/mol. The molecule has 0 aliphatic heterocycles. The molecule has 102 valence electrons. The van der Waals surface area contributed by atoms with Gasteiger partial charge in [0.25, 0.3) is 0 Å². The number of aromatic nitrogens is 2. The van der Waals surface area contributed by atoms with E-state index in [2.05, 4.69) is 24.2 Å². The van der Waals surface area contributed by atoms with Crippen LogP contribution in [0.3, 0.4) is 0 Å². The molecule has 1 heterocycles. The first kappa shape index (κ1) is 13.6. The summed E-state index contributed by atoms with van der Waals surface area (Å²) in [6.45, 7) is 5.59. The third-order valence-corrected chi connectivity index (χ3v) is 3.42. The second kappa shape index (κ2) is 5.89. The number of benzene rings is 1. The lowest BCUT2D eigenvalue weighted by atomic mass is 10.1. The molecule has 0 saturated carbocycles. The number of ether oxygens (including phenoxy) is 1. The lowest BCUT2D eigenvalue weighted by Gasteiger charge is -2.06. The summed E-state index contributed by atoms with van der Waals surface area (Å²) in [6, 6.07) is 8.08. The second-order valence-corrected chi connectivity index (χ2v) is 4.69. The molecule has 0 radical (unpaired) electrons. The Morgan fingerprint density at radius 1 is 1.21 bits per heavy atom. The molecular formula is C15H21N3O. The Hall–Kier alpha value is -1.81. The zero-order valence-corrected chi connectivity index (χ0v) is 11.8. The number of hydrogen-bond acceptors (Lipinski definition) is 3. The van der Waals surface area contributed by atoms with Gasteiger partial charge in [-0.25, -0.2) is 0 Å². The Kier molecular flexibility index (Phi) is 4.22. The van der Waals surface area contributed by atoms with Gasteiger partial charge in [0, 0.05) is 5.69 Å². The van der Waals surface area contributed by atoms with E-state index in [1.54, 1.807) is 7.11 Å². The molecular weight excluding hydrogens is 238 g/mol. The van der Waals surface area contributed by atoms with Crippen LogP contribution in [0.5, 0.6) is 5.75 Å². The average Bonchev–Trinajstić information content (AvgIpc) is 2.68. The normalized spacial score (nSPS) is 10.7. The maximum absolute atomic E-state index is 5.64. The molecule has 2 aromatic rings. The molecule has 0 atom stereocenters. The summed E-state index contributed by atoms with van der Waals surface area (Å²) < 4.78 is 7.21. The van der Waals surface area contributed by atoms with Crippen LogP contribution < -0.4 is 10.5 Å². The number of rotatable bonds is 5. The smallest absolute Gasteiger partial charge is 0.118 e. The quantitative estimate of drug-likeness (QED) is 0.894. The topological polar surface area (TPSA) is 53.1 Å². The molecule has 2 N–H and O–H groups in total. The fourth-order valence-corrected chi connectivity index (χ4v) is 2.30. The highest BCUT2D eigenvalue weighted by Gasteiger charge is 2.10. The number of methoxy groups -OCH3 is 1. The Morgan fingerprint density at radius 3 is 2.47 bits per heavy atom. The van der Waals surface area contributed by atoms with Crippen LogP contribution in [0.1, 0.15) is 22.5 Å². The standard InChI is InChI=1S/C15H21N3O/c1-11-15(8-9-16)12(2)18(17-11)10-13-4-6-14(19-3)7-5-13/h4-7H,8-10,16H2,1-3H3. The van der Waals surface area contributed by atoms with Crippen molar-refractivity contribution in [2.75, 3.05) is 13.7 Å². The molecule has 0 spiro atoms. The second-order valence-electron chi connectivity index (χ2n) is 4.69. The first-order chi connectivity index (χ1) is 9.15. The fourth-order valence-electron chi connectivity index (χ4n) is 2.30. The van der Waals surface area contributed by atoms with E-state index in [1.165, 1.54) is 16.8 Å². The minimum atomic E-state index is 0.663. The summed E-state index contributed by atoms with van der Waals surface area (Å²) in [5.41, 5.74) is 10.4. The van der Waals surface area contributed by atoms with E-state index >= 15 is 0 Å². The van der Waals surface area contributed by atoms with Crippen LogP contribution in [0.2, 0.25) is 0 Å². The van der Waals surface area contributed by atoms with Crippen LogP contribution in [0.15, 0.2) is 24.3 Å². The molecule has 0 fully saturated rings. The maximum Gasteiger partial charge on any atom is 0.118 e. The van der Waals surface area contributed by atoms with E-state index in [0.29, 0.717) is 6.54 Å². The molecule has 0 bridgehead atoms. The van der Waals surface area contributed by atoms with Crippen LogP contribution in [0.25, 0.3) is 0 Å². The van der Waals surface area contributed by atoms with Crippen LogP contribution in [-0.2, 0) is 13.0 Å². The summed E-state index contributed by atoms with van der Waals surface area (Å²) >= 11 is 0. The molecule has 4 heteroatoms. The summed E-state index contributed by atoms with van der Waals surface area (Å²) in [7, 11) is 1.68. The van der Waals surface area contributed by atoms with Crippen LogP contribution >= 0.6 is 0 Å². The Bertz CT molecular complexity index is 543. The Labute approximate surface area is 114 Å². The Balaban J connectivity index is 2.20. The van der Waals surface area contributed by atoms with Crippen molar-refractivity contribution in [2.45, 2.75) is 26.8 Å². The van der Waals surface area contributed by atoms with Crippen molar-refractivity contribution in [3.8, 4) is 5.75 Å². The van der Waals surface area contributed by atoms with Crippen molar-refractivity contribution in [3.05, 3.63) is 46.8 Å². The van der Waals surface area contributed by atoms with Gasteiger partial charge in [-0.3, -0.25) is 4.68 Å². The monoisotopic (exact) mass is 259 g/mol. The lowest BCUT2D eigenvalue weighted by Crippen LogP contribution is -2.06. The van der Waals surface area contributed by atoms with Crippen molar-refractivity contribution in [2.24, 2.45) is 5.73 Å². The minimum absolute atomic E-state index is 0.663. The molecule has 0 aliphatic carbocycles. The van der Waals surface area contributed by atoms with Crippen molar-refractivity contribution < 1.29 is 4.74 Å². The van der Waals surface area contributed by atoms with Gasteiger partial charge in [0.05, 0.1) is 19.3 Å². The van der Waals surface area contributed by atoms with Gasteiger partial charge in [0.1, 0.15) is 5.75 Å². The zero-order valence-electron chi connectivity index (χ0n) is 11.8. The van der Waals surface area contributed by atoms with E-state index in [9.17, 15) is 0 Å². The number of aryl methyl sites for hydroxylation is 1. The average molecular weight is 259 g/mol. The van der Waals surface area contributed by atoms with Crippen molar-refractivity contribution in [1.82, 2.24) is 9.78 Å². The van der Waals surface area contributed by atoms with Gasteiger partial charge in [0.2, 0.25) is 0 Å².